The van der Waals surface area contributed by atoms with Gasteiger partial charge >= 0.3 is 0 Å². The van der Waals surface area contributed by atoms with Crippen LogP contribution in [0.1, 0.15) is 18.4 Å². The van der Waals surface area contributed by atoms with E-state index in [0.717, 1.165) is 31.9 Å². The van der Waals surface area contributed by atoms with E-state index in [1.807, 2.05) is 7.05 Å². The number of piperidine rings is 1. The number of aromatic nitrogens is 3. The van der Waals surface area contributed by atoms with Crippen molar-refractivity contribution in [2.24, 2.45) is 4.99 Å². The molecule has 1 fully saturated rings. The number of aromatic amines is 1. The molecule has 0 aliphatic carbocycles. The van der Waals surface area contributed by atoms with Gasteiger partial charge in [0.05, 0.1) is 17.5 Å². The smallest absolute Gasteiger partial charge is 0.217 e. The number of aliphatic imine (C=N–C) groups is 1. The second-order valence-corrected chi connectivity index (χ2v) is 6.40. The Morgan fingerprint density at radius 3 is 2.77 bits per heavy atom. The van der Waals surface area contributed by atoms with Gasteiger partial charge in [-0.25, -0.2) is 9.98 Å². The van der Waals surface area contributed by atoms with E-state index in [0.29, 0.717) is 23.1 Å². The molecule has 0 unspecified atom stereocenters. The predicted octanol–water partition coefficient (Wildman–Crippen LogP) is 0.00660. The zero-order valence-electron chi connectivity index (χ0n) is 14.6. The second-order valence-electron chi connectivity index (χ2n) is 6.40. The molecule has 4 rings (SSSR count). The van der Waals surface area contributed by atoms with Gasteiger partial charge in [-0.3, -0.25) is 20.2 Å². The molecule has 0 bridgehead atoms. The zero-order valence-corrected chi connectivity index (χ0v) is 14.6. The molecule has 0 radical (unpaired) electrons. The average Bonchev–Trinajstić information content (AvgIpc) is 3.23. The predicted molar refractivity (Wildman–Crippen MR) is 99.5 cm³/mol. The van der Waals surface area contributed by atoms with Crippen LogP contribution in [0.15, 0.2) is 47.0 Å². The first-order valence-electron chi connectivity index (χ1n) is 8.67. The molecule has 2 aromatic heterocycles. The van der Waals surface area contributed by atoms with Crippen LogP contribution in [0, 0.1) is 0 Å². The summed E-state index contributed by atoms with van der Waals surface area (Å²) in [5.74, 6) is 1.42. The van der Waals surface area contributed by atoms with E-state index in [1.54, 1.807) is 41.8 Å². The highest BCUT2D eigenvalue weighted by Crippen LogP contribution is 2.13. The van der Waals surface area contributed by atoms with Gasteiger partial charge in [0, 0.05) is 37.7 Å². The first-order valence-corrected chi connectivity index (χ1v) is 8.67. The molecule has 4 N–H and O–H groups in total. The molecule has 0 spiro atoms. The summed E-state index contributed by atoms with van der Waals surface area (Å²) >= 11 is 0. The van der Waals surface area contributed by atoms with Crippen molar-refractivity contribution >= 4 is 11.7 Å². The summed E-state index contributed by atoms with van der Waals surface area (Å²) in [6, 6.07) is 2.00. The molecule has 0 aromatic carbocycles. The molecule has 136 valence electrons. The minimum Gasteiger partial charge on any atom is -0.347 e. The number of pyridine rings is 1. The number of hydrogen-bond acceptors (Lipinski definition) is 7. The molecule has 9 heteroatoms. The van der Waals surface area contributed by atoms with Gasteiger partial charge in [0.2, 0.25) is 5.96 Å². The molecule has 2 aliphatic rings. The Balaban J connectivity index is 1.53. The first kappa shape index (κ1) is 16.4. The molecule has 2 aliphatic heterocycles. The third-order valence-corrected chi connectivity index (χ3v) is 4.79. The Kier molecular flexibility index (Phi) is 4.44. The first-order chi connectivity index (χ1) is 12.7. The summed E-state index contributed by atoms with van der Waals surface area (Å²) in [4.78, 5) is 26.2. The van der Waals surface area contributed by atoms with Crippen molar-refractivity contribution < 1.29 is 0 Å². The molecule has 0 atom stereocenters. The van der Waals surface area contributed by atoms with Crippen LogP contribution in [0.5, 0.6) is 0 Å². The van der Waals surface area contributed by atoms with Crippen LogP contribution in [-0.4, -0.2) is 51.6 Å². The monoisotopic (exact) mass is 354 g/mol. The molecule has 2 aromatic rings. The fourth-order valence-electron chi connectivity index (χ4n) is 3.22. The van der Waals surface area contributed by atoms with Crippen molar-refractivity contribution in [1.82, 2.24) is 35.6 Å². The van der Waals surface area contributed by atoms with E-state index < -0.39 is 0 Å². The minimum absolute atomic E-state index is 0.0987. The minimum atomic E-state index is -0.0987. The van der Waals surface area contributed by atoms with Crippen molar-refractivity contribution in [2.45, 2.75) is 18.9 Å². The van der Waals surface area contributed by atoms with Gasteiger partial charge in [-0.2, -0.15) is 0 Å². The highest BCUT2D eigenvalue weighted by atomic mass is 16.1. The number of hydrazine groups is 1. The number of hydrogen-bond donors (Lipinski definition) is 4. The lowest BCUT2D eigenvalue weighted by Crippen LogP contribution is -2.53. The molecular formula is C17H22N8O. The second kappa shape index (κ2) is 7.04. The van der Waals surface area contributed by atoms with Crippen molar-refractivity contribution in [3.8, 4) is 5.82 Å². The molecule has 4 heterocycles. The van der Waals surface area contributed by atoms with Gasteiger partial charge in [0.15, 0.2) is 5.43 Å². The van der Waals surface area contributed by atoms with Gasteiger partial charge < -0.3 is 15.2 Å². The Labute approximate surface area is 150 Å². The Morgan fingerprint density at radius 1 is 1.27 bits per heavy atom. The fraction of sp³-hybridized carbons (Fsp3) is 0.353. The van der Waals surface area contributed by atoms with E-state index in [1.165, 1.54) is 0 Å². The van der Waals surface area contributed by atoms with Crippen molar-refractivity contribution in [1.29, 1.82) is 0 Å². The van der Waals surface area contributed by atoms with E-state index in [-0.39, 0.29) is 5.43 Å². The number of guanidine groups is 1. The fourth-order valence-corrected chi connectivity index (χ4v) is 3.22. The Bertz CT molecular complexity index is 876. The standard InChI is InChI=1S/C17H22N8O/c1-24(12-2-4-18-5-3-12)17-21-10-14(22-23-17)13-9-20-16(8-15(13)26)25-7-6-19-11-25/h6-12,18,22H,2-5H2,1H3,(H,20,26)(H,21,23). The van der Waals surface area contributed by atoms with Crippen molar-refractivity contribution in [3.05, 3.63) is 53.0 Å². The van der Waals surface area contributed by atoms with Gasteiger partial charge in [-0.15, -0.1) is 0 Å². The van der Waals surface area contributed by atoms with Gasteiger partial charge in [0.1, 0.15) is 12.1 Å². The van der Waals surface area contributed by atoms with Gasteiger partial charge in [-0.1, -0.05) is 0 Å². The maximum absolute atomic E-state index is 12.5. The summed E-state index contributed by atoms with van der Waals surface area (Å²) in [6.07, 6.45) is 10.6. The zero-order chi connectivity index (χ0) is 17.9. The number of rotatable bonds is 3. The topological polar surface area (TPSA) is 102 Å². The van der Waals surface area contributed by atoms with Gasteiger partial charge in [-0.05, 0) is 25.9 Å². The Morgan fingerprint density at radius 2 is 2.12 bits per heavy atom. The number of nitrogens with zero attached hydrogens (tertiary/aromatic N) is 4. The third kappa shape index (κ3) is 3.21. The molecule has 9 nitrogen and oxygen atoms in total. The highest BCUT2D eigenvalue weighted by molar-refractivity contribution is 5.84. The highest BCUT2D eigenvalue weighted by Gasteiger charge is 2.22. The summed E-state index contributed by atoms with van der Waals surface area (Å²) in [6.45, 7) is 2.05. The average molecular weight is 354 g/mol. The lowest BCUT2D eigenvalue weighted by Gasteiger charge is -2.35. The summed E-state index contributed by atoms with van der Waals surface area (Å²) in [7, 11) is 2.04. The number of imidazole rings is 1. The molecular weight excluding hydrogens is 332 g/mol. The van der Waals surface area contributed by atoms with Crippen LogP contribution >= 0.6 is 0 Å². The van der Waals surface area contributed by atoms with Crippen molar-refractivity contribution in [3.63, 3.8) is 0 Å². The number of nitrogens with one attached hydrogen (secondary N) is 4. The summed E-state index contributed by atoms with van der Waals surface area (Å²) in [5, 5.41) is 3.36. The normalized spacial score (nSPS) is 17.7. The third-order valence-electron chi connectivity index (χ3n) is 4.79. The van der Waals surface area contributed by atoms with Crippen molar-refractivity contribution in [2.75, 3.05) is 20.1 Å². The van der Waals surface area contributed by atoms with Crippen LogP contribution in [0.4, 0.5) is 0 Å². The van der Waals surface area contributed by atoms with Crippen LogP contribution in [0.25, 0.3) is 11.5 Å². The quantitative estimate of drug-likeness (QED) is 0.619. The molecule has 0 amide bonds. The lowest BCUT2D eigenvalue weighted by atomic mass is 10.1. The van der Waals surface area contributed by atoms with Crippen LogP contribution < -0.4 is 21.6 Å². The van der Waals surface area contributed by atoms with E-state index in [2.05, 4.69) is 36.0 Å². The summed E-state index contributed by atoms with van der Waals surface area (Å²) in [5.41, 5.74) is 7.24. The maximum Gasteiger partial charge on any atom is 0.217 e. The van der Waals surface area contributed by atoms with Gasteiger partial charge in [0.25, 0.3) is 0 Å². The summed E-state index contributed by atoms with van der Waals surface area (Å²) < 4.78 is 1.75. The van der Waals surface area contributed by atoms with E-state index in [4.69, 9.17) is 0 Å². The van der Waals surface area contributed by atoms with Crippen LogP contribution in [0.3, 0.4) is 0 Å². The van der Waals surface area contributed by atoms with E-state index >= 15 is 0 Å². The van der Waals surface area contributed by atoms with E-state index in [9.17, 15) is 4.79 Å². The number of H-pyrrole nitrogens is 1. The molecule has 0 saturated carbocycles. The van der Waals surface area contributed by atoms with Crippen LogP contribution in [-0.2, 0) is 0 Å². The lowest BCUT2D eigenvalue weighted by molar-refractivity contribution is 0.280. The Hall–Kier alpha value is -3.07. The maximum atomic E-state index is 12.5. The SMILES string of the molecule is CN(C1=NC=C(c2c[nH]c(-n3ccnc3)cc2=O)NN1)C1CCNCC1. The van der Waals surface area contributed by atoms with Crippen LogP contribution in [0.2, 0.25) is 0 Å². The molecule has 26 heavy (non-hydrogen) atoms. The largest absolute Gasteiger partial charge is 0.347 e. The molecule has 1 saturated heterocycles.